The van der Waals surface area contributed by atoms with Crippen molar-refractivity contribution in [1.82, 2.24) is 4.90 Å². The van der Waals surface area contributed by atoms with Crippen LogP contribution in [0.1, 0.15) is 43.5 Å². The molecule has 2 amide bonds. The Hall–Kier alpha value is -2.30. The molecule has 0 saturated carbocycles. The van der Waals surface area contributed by atoms with Crippen molar-refractivity contribution in [3.63, 3.8) is 0 Å². The molecule has 0 aliphatic carbocycles. The molecule has 25 heavy (non-hydrogen) atoms. The van der Waals surface area contributed by atoms with Gasteiger partial charge in [0.1, 0.15) is 0 Å². The van der Waals surface area contributed by atoms with E-state index in [0.717, 1.165) is 25.9 Å². The van der Waals surface area contributed by atoms with Crippen molar-refractivity contribution in [3.05, 3.63) is 41.7 Å². The molecule has 134 valence electrons. The van der Waals surface area contributed by atoms with E-state index in [4.69, 9.17) is 4.74 Å². The molecule has 3 rings (SSSR count). The van der Waals surface area contributed by atoms with Crippen LogP contribution in [0.2, 0.25) is 0 Å². The Morgan fingerprint density at radius 3 is 2.56 bits per heavy atom. The Morgan fingerprint density at radius 1 is 1.16 bits per heavy atom. The fraction of sp³-hybridized carbons (Fsp3) is 0.500. The summed E-state index contributed by atoms with van der Waals surface area (Å²) in [6.07, 6.45) is 4.21. The lowest BCUT2D eigenvalue weighted by molar-refractivity contribution is -0.113. The number of hydrogen-bond donors (Lipinski definition) is 1. The second-order valence-corrected chi connectivity index (χ2v) is 7.27. The fourth-order valence-corrected chi connectivity index (χ4v) is 3.71. The molecule has 2 heterocycles. The maximum Gasteiger partial charge on any atom is 0.255 e. The number of anilines is 1. The highest BCUT2D eigenvalue weighted by Gasteiger charge is 2.27. The van der Waals surface area contributed by atoms with Crippen molar-refractivity contribution < 1.29 is 14.3 Å². The number of rotatable bonds is 3. The Kier molecular flexibility index (Phi) is 5.41. The highest BCUT2D eigenvalue weighted by atomic mass is 16.5. The lowest BCUT2D eigenvalue weighted by Crippen LogP contribution is -2.42. The number of nitrogens with zero attached hydrogens (tertiary/aromatic N) is 1. The number of amides is 2. The van der Waals surface area contributed by atoms with Gasteiger partial charge in [0.15, 0.2) is 0 Å². The van der Waals surface area contributed by atoms with E-state index in [1.165, 1.54) is 6.26 Å². The van der Waals surface area contributed by atoms with Crippen LogP contribution < -0.4 is 5.32 Å². The van der Waals surface area contributed by atoms with Crippen LogP contribution in [-0.4, -0.2) is 36.4 Å². The average molecular weight is 342 g/mol. The predicted octanol–water partition coefficient (Wildman–Crippen LogP) is 3.44. The van der Waals surface area contributed by atoms with Crippen LogP contribution in [0.4, 0.5) is 5.69 Å². The Morgan fingerprint density at radius 2 is 1.88 bits per heavy atom. The monoisotopic (exact) mass is 342 g/mol. The van der Waals surface area contributed by atoms with E-state index in [-0.39, 0.29) is 11.8 Å². The number of hydrogen-bond acceptors (Lipinski definition) is 3. The van der Waals surface area contributed by atoms with Gasteiger partial charge in [0.05, 0.1) is 29.7 Å². The van der Waals surface area contributed by atoms with E-state index >= 15 is 0 Å². The maximum atomic E-state index is 13.0. The quantitative estimate of drug-likeness (QED) is 0.915. The number of piperidine rings is 1. The summed E-state index contributed by atoms with van der Waals surface area (Å²) in [4.78, 5) is 27.4. The van der Waals surface area contributed by atoms with E-state index in [1.807, 2.05) is 17.0 Å². The van der Waals surface area contributed by atoms with E-state index in [0.29, 0.717) is 41.7 Å². The molecule has 2 aliphatic rings. The Balaban J connectivity index is 1.77. The number of nitrogens with one attached hydrogen (secondary N) is 1. The van der Waals surface area contributed by atoms with Crippen LogP contribution in [0.15, 0.2) is 36.1 Å². The third kappa shape index (κ3) is 4.21. The van der Waals surface area contributed by atoms with Crippen LogP contribution in [-0.2, 0) is 9.53 Å². The van der Waals surface area contributed by atoms with Crippen molar-refractivity contribution in [1.29, 1.82) is 0 Å². The highest BCUT2D eigenvalue weighted by molar-refractivity contribution is 6.08. The molecule has 5 nitrogen and oxygen atoms in total. The van der Waals surface area contributed by atoms with Gasteiger partial charge in [0, 0.05) is 13.1 Å². The summed E-state index contributed by atoms with van der Waals surface area (Å²) < 4.78 is 5.24. The minimum absolute atomic E-state index is 0.0110. The third-order valence-corrected chi connectivity index (χ3v) is 4.79. The molecule has 0 bridgehead atoms. The van der Waals surface area contributed by atoms with Gasteiger partial charge in [-0.15, -0.1) is 0 Å². The maximum absolute atomic E-state index is 13.0. The standard InChI is InChI=1S/C20H26N2O3/c1-14-10-15(2)12-22(11-14)20(24)17-7-3-4-8-18(17)21-19(23)16-6-5-9-25-13-16/h3-4,7-8,13-15H,5-6,9-12H2,1-2H3,(H,21,23)/t14-,15+. The van der Waals surface area contributed by atoms with Gasteiger partial charge in [-0.1, -0.05) is 26.0 Å². The van der Waals surface area contributed by atoms with E-state index in [9.17, 15) is 9.59 Å². The predicted molar refractivity (Wildman–Crippen MR) is 97.2 cm³/mol. The highest BCUT2D eigenvalue weighted by Crippen LogP contribution is 2.25. The molecule has 2 atom stereocenters. The van der Waals surface area contributed by atoms with Crippen molar-refractivity contribution in [2.75, 3.05) is 25.0 Å². The van der Waals surface area contributed by atoms with Gasteiger partial charge in [-0.3, -0.25) is 9.59 Å². The number of para-hydroxylation sites is 1. The molecule has 1 aromatic carbocycles. The smallest absolute Gasteiger partial charge is 0.255 e. The second kappa shape index (κ2) is 7.72. The first-order valence-electron chi connectivity index (χ1n) is 9.05. The van der Waals surface area contributed by atoms with Crippen molar-refractivity contribution in [3.8, 4) is 0 Å². The minimum atomic E-state index is -0.194. The summed E-state index contributed by atoms with van der Waals surface area (Å²) in [5, 5.41) is 2.89. The van der Waals surface area contributed by atoms with Gasteiger partial charge < -0.3 is 15.0 Å². The molecular formula is C20H26N2O3. The fourth-order valence-electron chi connectivity index (χ4n) is 3.71. The SMILES string of the molecule is C[C@@H]1C[C@H](C)CN(C(=O)c2ccccc2NC(=O)C2=COCCC2)C1. The second-order valence-electron chi connectivity index (χ2n) is 7.27. The zero-order valence-electron chi connectivity index (χ0n) is 15.0. The first kappa shape index (κ1) is 17.5. The summed E-state index contributed by atoms with van der Waals surface area (Å²) in [7, 11) is 0. The first-order valence-corrected chi connectivity index (χ1v) is 9.05. The molecule has 0 spiro atoms. The van der Waals surface area contributed by atoms with Crippen molar-refractivity contribution >= 4 is 17.5 Å². The first-order chi connectivity index (χ1) is 12.0. The molecule has 5 heteroatoms. The van der Waals surface area contributed by atoms with Crippen LogP contribution in [0.5, 0.6) is 0 Å². The minimum Gasteiger partial charge on any atom is -0.501 e. The van der Waals surface area contributed by atoms with E-state index < -0.39 is 0 Å². The van der Waals surface area contributed by atoms with Crippen LogP contribution >= 0.6 is 0 Å². The lowest BCUT2D eigenvalue weighted by atomic mass is 9.91. The van der Waals surface area contributed by atoms with Gasteiger partial charge in [-0.2, -0.15) is 0 Å². The third-order valence-electron chi connectivity index (χ3n) is 4.79. The molecule has 1 aromatic rings. The lowest BCUT2D eigenvalue weighted by Gasteiger charge is -2.35. The average Bonchev–Trinajstić information content (AvgIpc) is 2.61. The number of ether oxygens (including phenoxy) is 1. The largest absolute Gasteiger partial charge is 0.501 e. The summed E-state index contributed by atoms with van der Waals surface area (Å²) in [5.74, 6) is 0.793. The normalized spacial score (nSPS) is 23.4. The summed E-state index contributed by atoms with van der Waals surface area (Å²) >= 11 is 0. The molecule has 0 unspecified atom stereocenters. The molecule has 1 fully saturated rings. The zero-order chi connectivity index (χ0) is 17.8. The van der Waals surface area contributed by atoms with Gasteiger partial charge in [0.25, 0.3) is 11.8 Å². The van der Waals surface area contributed by atoms with E-state index in [1.54, 1.807) is 12.1 Å². The summed E-state index contributed by atoms with van der Waals surface area (Å²) in [5.41, 5.74) is 1.73. The van der Waals surface area contributed by atoms with Gasteiger partial charge >= 0.3 is 0 Å². The molecule has 1 saturated heterocycles. The van der Waals surface area contributed by atoms with Gasteiger partial charge in [-0.05, 0) is 43.2 Å². The number of likely N-dealkylation sites (tertiary alicyclic amines) is 1. The van der Waals surface area contributed by atoms with Crippen LogP contribution in [0, 0.1) is 11.8 Å². The van der Waals surface area contributed by atoms with Crippen molar-refractivity contribution in [2.45, 2.75) is 33.1 Å². The van der Waals surface area contributed by atoms with Gasteiger partial charge in [0.2, 0.25) is 0 Å². The zero-order valence-corrected chi connectivity index (χ0v) is 15.0. The number of carbonyl (C=O) groups excluding carboxylic acids is 2. The molecule has 1 N–H and O–H groups in total. The van der Waals surface area contributed by atoms with Crippen LogP contribution in [0.3, 0.4) is 0 Å². The summed E-state index contributed by atoms with van der Waals surface area (Å²) in [6, 6.07) is 7.24. The molecule has 2 aliphatic heterocycles. The Bertz CT molecular complexity index is 673. The molecular weight excluding hydrogens is 316 g/mol. The van der Waals surface area contributed by atoms with Gasteiger partial charge in [-0.25, -0.2) is 0 Å². The topological polar surface area (TPSA) is 58.6 Å². The number of carbonyl (C=O) groups is 2. The van der Waals surface area contributed by atoms with Crippen molar-refractivity contribution in [2.24, 2.45) is 11.8 Å². The molecule has 0 radical (unpaired) electrons. The number of benzene rings is 1. The Labute approximate surface area is 149 Å². The molecule has 0 aromatic heterocycles. The summed E-state index contributed by atoms with van der Waals surface area (Å²) in [6.45, 7) is 6.55. The van der Waals surface area contributed by atoms with Crippen LogP contribution in [0.25, 0.3) is 0 Å². The van der Waals surface area contributed by atoms with E-state index in [2.05, 4.69) is 19.2 Å².